The highest BCUT2D eigenvalue weighted by molar-refractivity contribution is 8.00. The van der Waals surface area contributed by atoms with Gasteiger partial charge in [0.2, 0.25) is 0 Å². The number of rotatable bonds is 6. The van der Waals surface area contributed by atoms with E-state index in [0.717, 1.165) is 18.5 Å². The number of likely N-dealkylation sites (tertiary alicyclic amines) is 1. The van der Waals surface area contributed by atoms with E-state index in [1.54, 1.807) is 16.7 Å². The molecule has 1 aromatic carbocycles. The van der Waals surface area contributed by atoms with Crippen LogP contribution in [0.25, 0.3) is 0 Å². The van der Waals surface area contributed by atoms with Gasteiger partial charge in [0.15, 0.2) is 6.61 Å². The van der Waals surface area contributed by atoms with E-state index in [2.05, 4.69) is 4.74 Å². The van der Waals surface area contributed by atoms with Crippen molar-refractivity contribution in [1.29, 1.82) is 0 Å². The molecular weight excluding hydrogens is 302 g/mol. The second-order valence-corrected chi connectivity index (χ2v) is 6.53. The van der Waals surface area contributed by atoms with Gasteiger partial charge in [0, 0.05) is 18.3 Å². The molecule has 1 atom stereocenters. The van der Waals surface area contributed by atoms with E-state index in [0.29, 0.717) is 23.3 Å². The van der Waals surface area contributed by atoms with Gasteiger partial charge in [-0.3, -0.25) is 9.59 Å². The Hall–Kier alpha value is -1.69. The van der Waals surface area contributed by atoms with Crippen molar-refractivity contribution in [3.8, 4) is 5.75 Å². The molecule has 6 heteroatoms. The van der Waals surface area contributed by atoms with Gasteiger partial charge in [0.25, 0.3) is 5.91 Å². The number of carbonyl (C=O) groups is 2. The van der Waals surface area contributed by atoms with Gasteiger partial charge < -0.3 is 14.4 Å². The molecule has 1 aliphatic heterocycles. The van der Waals surface area contributed by atoms with Gasteiger partial charge in [-0.1, -0.05) is 17.7 Å². The predicted molar refractivity (Wildman–Crippen MR) is 86.1 cm³/mol. The maximum Gasteiger partial charge on any atom is 0.315 e. The smallest absolute Gasteiger partial charge is 0.315 e. The zero-order valence-electron chi connectivity index (χ0n) is 12.9. The molecule has 0 aromatic heterocycles. The summed E-state index contributed by atoms with van der Waals surface area (Å²) < 4.78 is 10.1. The lowest BCUT2D eigenvalue weighted by atomic mass is 10.2. The number of amides is 1. The number of aryl methyl sites for hydroxylation is 1. The number of nitrogens with zero attached hydrogens (tertiary/aromatic N) is 1. The monoisotopic (exact) mass is 323 g/mol. The first-order chi connectivity index (χ1) is 10.6. The third-order valence-corrected chi connectivity index (χ3v) is 4.80. The fraction of sp³-hybridized carbons (Fsp3) is 0.500. The van der Waals surface area contributed by atoms with Crippen LogP contribution in [0.15, 0.2) is 24.3 Å². The standard InChI is InChI=1S/C16H21NO4S/c1-12-3-5-13(6-4-12)21-10-15(18)17-8-7-14(9-17)22-11-16(19)20-2/h3-6,14H,7-11H2,1-2H3/t14-/m1/s1. The van der Waals surface area contributed by atoms with Crippen LogP contribution in [0, 0.1) is 6.92 Å². The molecule has 0 radical (unpaired) electrons. The maximum absolute atomic E-state index is 12.1. The van der Waals surface area contributed by atoms with Crippen LogP contribution < -0.4 is 4.74 Å². The van der Waals surface area contributed by atoms with Crippen molar-refractivity contribution in [3.63, 3.8) is 0 Å². The Balaban J connectivity index is 1.72. The molecule has 5 nitrogen and oxygen atoms in total. The summed E-state index contributed by atoms with van der Waals surface area (Å²) in [5.74, 6) is 0.803. The minimum atomic E-state index is -0.225. The summed E-state index contributed by atoms with van der Waals surface area (Å²) in [6.07, 6.45) is 0.901. The topological polar surface area (TPSA) is 55.8 Å². The van der Waals surface area contributed by atoms with Gasteiger partial charge >= 0.3 is 5.97 Å². The van der Waals surface area contributed by atoms with Crippen LogP contribution in [-0.4, -0.2) is 54.6 Å². The molecule has 1 aromatic rings. The molecule has 1 amide bonds. The van der Waals surface area contributed by atoms with E-state index < -0.39 is 0 Å². The third kappa shape index (κ3) is 4.94. The molecule has 0 aliphatic carbocycles. The second-order valence-electron chi connectivity index (χ2n) is 5.24. The molecule has 0 bridgehead atoms. The van der Waals surface area contributed by atoms with Gasteiger partial charge in [-0.25, -0.2) is 0 Å². The molecule has 0 unspecified atom stereocenters. The average molecular weight is 323 g/mol. The summed E-state index contributed by atoms with van der Waals surface area (Å²) >= 11 is 1.54. The lowest BCUT2D eigenvalue weighted by Crippen LogP contribution is -2.33. The molecule has 1 fully saturated rings. The molecule has 1 aliphatic rings. The Morgan fingerprint density at radius 3 is 2.73 bits per heavy atom. The van der Waals surface area contributed by atoms with E-state index in [4.69, 9.17) is 4.74 Å². The predicted octanol–water partition coefficient (Wildman–Crippen LogP) is 1.88. The van der Waals surface area contributed by atoms with E-state index >= 15 is 0 Å². The van der Waals surface area contributed by atoms with Gasteiger partial charge in [-0.15, -0.1) is 11.8 Å². The van der Waals surface area contributed by atoms with Crippen molar-refractivity contribution >= 4 is 23.6 Å². The van der Waals surface area contributed by atoms with Crippen LogP contribution in [-0.2, 0) is 14.3 Å². The highest BCUT2D eigenvalue weighted by atomic mass is 32.2. The number of ether oxygens (including phenoxy) is 2. The van der Waals surface area contributed by atoms with Crippen LogP contribution >= 0.6 is 11.8 Å². The van der Waals surface area contributed by atoms with E-state index in [1.807, 2.05) is 31.2 Å². The highest BCUT2D eigenvalue weighted by Crippen LogP contribution is 2.23. The SMILES string of the molecule is COC(=O)CS[C@@H]1CCN(C(=O)COc2ccc(C)cc2)C1. The first-order valence-corrected chi connectivity index (χ1v) is 8.29. The number of hydrogen-bond donors (Lipinski definition) is 0. The summed E-state index contributed by atoms with van der Waals surface area (Å²) in [5, 5.41) is 0.294. The van der Waals surface area contributed by atoms with Crippen molar-refractivity contribution in [2.75, 3.05) is 32.6 Å². The minimum absolute atomic E-state index is 0.0123. The normalized spacial score (nSPS) is 17.4. The van der Waals surface area contributed by atoms with Crippen molar-refractivity contribution in [3.05, 3.63) is 29.8 Å². The summed E-state index contributed by atoms with van der Waals surface area (Å²) in [5.41, 5.74) is 1.16. The summed E-state index contributed by atoms with van der Waals surface area (Å²) in [6, 6.07) is 7.63. The number of hydrogen-bond acceptors (Lipinski definition) is 5. The minimum Gasteiger partial charge on any atom is -0.484 e. The van der Waals surface area contributed by atoms with Crippen LogP contribution in [0.4, 0.5) is 0 Å². The van der Waals surface area contributed by atoms with Crippen LogP contribution in [0.2, 0.25) is 0 Å². The van der Waals surface area contributed by atoms with Gasteiger partial charge in [0.1, 0.15) is 5.75 Å². The first-order valence-electron chi connectivity index (χ1n) is 7.24. The fourth-order valence-corrected chi connectivity index (χ4v) is 3.25. The number of benzene rings is 1. The first kappa shape index (κ1) is 16.7. The van der Waals surface area contributed by atoms with Crippen LogP contribution in [0.3, 0.4) is 0 Å². The molecule has 120 valence electrons. The Morgan fingerprint density at radius 1 is 1.32 bits per heavy atom. The quantitative estimate of drug-likeness (QED) is 0.748. The van der Waals surface area contributed by atoms with Crippen LogP contribution in [0.1, 0.15) is 12.0 Å². The highest BCUT2D eigenvalue weighted by Gasteiger charge is 2.27. The van der Waals surface area contributed by atoms with Crippen molar-refractivity contribution < 1.29 is 19.1 Å². The van der Waals surface area contributed by atoms with Crippen molar-refractivity contribution in [1.82, 2.24) is 4.90 Å². The molecule has 0 N–H and O–H groups in total. The molecule has 0 saturated carbocycles. The number of methoxy groups -OCH3 is 1. The molecular formula is C16H21NO4S. The number of esters is 1. The van der Waals surface area contributed by atoms with Crippen molar-refractivity contribution in [2.45, 2.75) is 18.6 Å². The third-order valence-electron chi connectivity index (χ3n) is 3.55. The lowest BCUT2D eigenvalue weighted by Gasteiger charge is -2.16. The van der Waals surface area contributed by atoms with E-state index in [1.165, 1.54) is 7.11 Å². The Kier molecular flexibility index (Phi) is 6.12. The van der Waals surface area contributed by atoms with Gasteiger partial charge in [0.05, 0.1) is 12.9 Å². The Labute approximate surface area is 135 Å². The molecule has 22 heavy (non-hydrogen) atoms. The molecule has 1 heterocycles. The summed E-state index contributed by atoms with van der Waals surface area (Å²) in [4.78, 5) is 25.0. The second kappa shape index (κ2) is 8.08. The van der Waals surface area contributed by atoms with E-state index in [-0.39, 0.29) is 18.5 Å². The molecule has 0 spiro atoms. The molecule has 1 saturated heterocycles. The van der Waals surface area contributed by atoms with Gasteiger partial charge in [-0.05, 0) is 25.5 Å². The zero-order valence-corrected chi connectivity index (χ0v) is 13.7. The summed E-state index contributed by atoms with van der Waals surface area (Å²) in [6.45, 7) is 3.44. The number of carbonyl (C=O) groups excluding carboxylic acids is 2. The average Bonchev–Trinajstić information content (AvgIpc) is 3.00. The van der Waals surface area contributed by atoms with Crippen LogP contribution in [0.5, 0.6) is 5.75 Å². The molecule has 2 rings (SSSR count). The van der Waals surface area contributed by atoms with Crippen molar-refractivity contribution in [2.24, 2.45) is 0 Å². The van der Waals surface area contributed by atoms with Gasteiger partial charge in [-0.2, -0.15) is 0 Å². The zero-order chi connectivity index (χ0) is 15.9. The lowest BCUT2D eigenvalue weighted by molar-refractivity contribution is -0.137. The fourth-order valence-electron chi connectivity index (χ4n) is 2.21. The van der Waals surface area contributed by atoms with E-state index in [9.17, 15) is 9.59 Å². The number of thioether (sulfide) groups is 1. The largest absolute Gasteiger partial charge is 0.484 e. The summed E-state index contributed by atoms with van der Waals surface area (Å²) in [7, 11) is 1.38. The maximum atomic E-state index is 12.1. The Morgan fingerprint density at radius 2 is 2.05 bits per heavy atom. The Bertz CT molecular complexity index is 517.